The number of amides is 5. The predicted octanol–water partition coefficient (Wildman–Crippen LogP) is 4.01. The molecule has 356 valence electrons. The third-order valence-corrected chi connectivity index (χ3v) is 15.9. The summed E-state index contributed by atoms with van der Waals surface area (Å²) in [7, 11) is 2.15. The number of carbonyl (C=O) groups is 5. The van der Waals surface area contributed by atoms with Gasteiger partial charge in [-0.25, -0.2) is 18.7 Å². The fourth-order valence-corrected chi connectivity index (χ4v) is 11.8. The highest BCUT2D eigenvalue weighted by Gasteiger charge is 2.49. The Morgan fingerprint density at radius 3 is 2.31 bits per heavy atom. The summed E-state index contributed by atoms with van der Waals surface area (Å²) in [5.41, 5.74) is 1.55. The van der Waals surface area contributed by atoms with Crippen molar-refractivity contribution in [2.45, 2.75) is 89.4 Å². The Kier molecular flexibility index (Phi) is 11.9. The van der Waals surface area contributed by atoms with Gasteiger partial charge in [-0.1, -0.05) is 19.9 Å². The molecule has 18 heteroatoms. The summed E-state index contributed by atoms with van der Waals surface area (Å²) in [4.78, 5) is 85.4. The highest BCUT2D eigenvalue weighted by molar-refractivity contribution is 6.25. The first-order valence-corrected chi connectivity index (χ1v) is 24.0. The van der Waals surface area contributed by atoms with Crippen LogP contribution in [-0.2, 0) is 20.9 Å². The first-order valence-electron chi connectivity index (χ1n) is 24.0. The van der Waals surface area contributed by atoms with E-state index in [1.54, 1.807) is 23.4 Å². The zero-order valence-electron chi connectivity index (χ0n) is 38.7. The summed E-state index contributed by atoms with van der Waals surface area (Å²) >= 11 is 0. The van der Waals surface area contributed by atoms with Crippen LogP contribution in [0.25, 0.3) is 0 Å². The molecular formula is C49H61F2N11O5. The van der Waals surface area contributed by atoms with Crippen molar-refractivity contribution in [1.29, 1.82) is 0 Å². The summed E-state index contributed by atoms with van der Waals surface area (Å²) in [6, 6.07) is 9.27. The Morgan fingerprint density at radius 2 is 1.58 bits per heavy atom. The van der Waals surface area contributed by atoms with Gasteiger partial charge in [0.2, 0.25) is 17.7 Å². The Bertz CT molecular complexity index is 2460. The molecule has 5 saturated heterocycles. The second-order valence-electron chi connectivity index (χ2n) is 20.9. The van der Waals surface area contributed by atoms with E-state index in [0.29, 0.717) is 80.1 Å². The Balaban J connectivity index is 0.694. The number of halogens is 2. The largest absolute Gasteiger partial charge is 0.370 e. The SMILES string of the molecule is CN(CCNc1cc(N2CCC3(CC2)CN(c2cc(F)c(CN4CCC(C)(C)CC4)cc2F)CC(=O)N3)ncn1)C1C[C@@H]2CN(c3cccc4c3C(=O)N(C3CCC(=O)NC3=O)C4=O)C[C@@H]2C1. The number of anilines is 4. The lowest BCUT2D eigenvalue weighted by molar-refractivity contribution is -0.136. The number of hydrogen-bond acceptors (Lipinski definition) is 13. The molecule has 7 aliphatic rings. The average molecular weight is 922 g/mol. The molecule has 1 aromatic heterocycles. The third kappa shape index (κ3) is 8.94. The van der Waals surface area contributed by atoms with Crippen molar-refractivity contribution in [3.8, 4) is 0 Å². The van der Waals surface area contributed by atoms with Gasteiger partial charge in [0.05, 0.1) is 34.6 Å². The van der Waals surface area contributed by atoms with Crippen molar-refractivity contribution in [3.63, 3.8) is 0 Å². The van der Waals surface area contributed by atoms with Crippen LogP contribution in [0.2, 0.25) is 0 Å². The van der Waals surface area contributed by atoms with E-state index >= 15 is 8.78 Å². The number of carbonyl (C=O) groups excluding carboxylic acids is 5. The summed E-state index contributed by atoms with van der Waals surface area (Å²) in [5.74, 6) is -0.743. The number of rotatable bonds is 11. The van der Waals surface area contributed by atoms with Crippen molar-refractivity contribution in [3.05, 3.63) is 71.1 Å². The monoisotopic (exact) mass is 921 g/mol. The zero-order chi connectivity index (χ0) is 46.8. The van der Waals surface area contributed by atoms with Crippen LogP contribution < -0.4 is 30.7 Å². The molecule has 1 aliphatic carbocycles. The van der Waals surface area contributed by atoms with E-state index in [2.05, 4.69) is 66.4 Å². The third-order valence-electron chi connectivity index (χ3n) is 15.9. The minimum absolute atomic E-state index is 0.0297. The molecule has 7 heterocycles. The summed E-state index contributed by atoms with van der Waals surface area (Å²) in [6.07, 6.45) is 7.08. The van der Waals surface area contributed by atoms with Crippen LogP contribution in [0, 0.1) is 28.9 Å². The Labute approximate surface area is 389 Å². The van der Waals surface area contributed by atoms with Crippen molar-refractivity contribution in [2.24, 2.45) is 17.3 Å². The van der Waals surface area contributed by atoms with Crippen molar-refractivity contribution in [2.75, 3.05) is 92.5 Å². The topological polar surface area (TPSA) is 167 Å². The molecule has 0 bridgehead atoms. The van der Waals surface area contributed by atoms with Crippen molar-refractivity contribution < 1.29 is 32.8 Å². The van der Waals surface area contributed by atoms with Crippen molar-refractivity contribution >= 4 is 52.5 Å². The number of benzene rings is 2. The first kappa shape index (κ1) is 45.1. The minimum Gasteiger partial charge on any atom is -0.370 e. The van der Waals surface area contributed by atoms with E-state index in [1.165, 1.54) is 12.1 Å². The molecule has 1 saturated carbocycles. The lowest BCUT2D eigenvalue weighted by atomic mass is 9.82. The van der Waals surface area contributed by atoms with Crippen LogP contribution in [0.1, 0.15) is 91.5 Å². The van der Waals surface area contributed by atoms with Gasteiger partial charge < -0.3 is 30.2 Å². The molecule has 6 aliphatic heterocycles. The molecule has 67 heavy (non-hydrogen) atoms. The maximum absolute atomic E-state index is 15.7. The fraction of sp³-hybridized carbons (Fsp3) is 0.571. The number of hydrogen-bond donors (Lipinski definition) is 3. The van der Waals surface area contributed by atoms with Gasteiger partial charge in [0, 0.05) is 82.5 Å². The highest BCUT2D eigenvalue weighted by Crippen LogP contribution is 2.44. The molecule has 0 radical (unpaired) electrons. The number of piperazine rings is 1. The molecule has 3 N–H and O–H groups in total. The number of nitrogens with one attached hydrogen (secondary N) is 3. The maximum Gasteiger partial charge on any atom is 0.264 e. The molecule has 2 unspecified atom stereocenters. The molecule has 16 nitrogen and oxygen atoms in total. The second kappa shape index (κ2) is 17.7. The number of aromatic nitrogens is 2. The molecular weight excluding hydrogens is 861 g/mol. The molecule has 4 atom stereocenters. The predicted molar refractivity (Wildman–Crippen MR) is 248 cm³/mol. The van der Waals surface area contributed by atoms with Crippen LogP contribution in [0.5, 0.6) is 0 Å². The van der Waals surface area contributed by atoms with Gasteiger partial charge >= 0.3 is 0 Å². The minimum atomic E-state index is -0.996. The van der Waals surface area contributed by atoms with E-state index < -0.39 is 46.8 Å². The number of nitrogens with zero attached hydrogens (tertiary/aromatic N) is 8. The Hall–Kier alpha value is -5.75. The average Bonchev–Trinajstić information content (AvgIpc) is 3.96. The normalized spacial score (nSPS) is 26.1. The van der Waals surface area contributed by atoms with Crippen molar-refractivity contribution in [1.82, 2.24) is 35.3 Å². The maximum atomic E-state index is 15.7. The lowest BCUT2D eigenvalue weighted by Crippen LogP contribution is -2.66. The number of likely N-dealkylation sites (tertiary alicyclic amines) is 1. The fourth-order valence-electron chi connectivity index (χ4n) is 11.8. The molecule has 2 aromatic carbocycles. The van der Waals surface area contributed by atoms with Gasteiger partial charge in [-0.05, 0) is 101 Å². The van der Waals surface area contributed by atoms with Crippen LogP contribution in [0.15, 0.2) is 42.7 Å². The first-order chi connectivity index (χ1) is 32.1. The van der Waals surface area contributed by atoms with Gasteiger partial charge in [0.15, 0.2) is 0 Å². The molecule has 3 aromatic rings. The van der Waals surface area contributed by atoms with Gasteiger partial charge in [0.25, 0.3) is 11.8 Å². The zero-order valence-corrected chi connectivity index (χ0v) is 38.7. The number of likely N-dealkylation sites (N-methyl/N-ethyl adjacent to an activating group) is 1. The van der Waals surface area contributed by atoms with Crippen LogP contribution >= 0.6 is 0 Å². The highest BCUT2D eigenvalue weighted by atomic mass is 19.1. The van der Waals surface area contributed by atoms with Crippen LogP contribution in [0.4, 0.5) is 31.8 Å². The van der Waals surface area contributed by atoms with E-state index in [1.807, 2.05) is 12.1 Å². The van der Waals surface area contributed by atoms with E-state index in [-0.39, 0.29) is 36.4 Å². The van der Waals surface area contributed by atoms with E-state index in [0.717, 1.165) is 80.6 Å². The molecule has 5 amide bonds. The number of fused-ring (bicyclic) bond motifs is 2. The number of piperidine rings is 3. The molecule has 6 fully saturated rings. The summed E-state index contributed by atoms with van der Waals surface area (Å²) < 4.78 is 31.2. The van der Waals surface area contributed by atoms with E-state index in [4.69, 9.17) is 0 Å². The van der Waals surface area contributed by atoms with Crippen LogP contribution in [0.3, 0.4) is 0 Å². The van der Waals surface area contributed by atoms with Crippen LogP contribution in [-0.4, -0.2) is 144 Å². The quantitative estimate of drug-likeness (QED) is 0.237. The smallest absolute Gasteiger partial charge is 0.264 e. The number of imide groups is 2. The lowest BCUT2D eigenvalue weighted by Gasteiger charge is -2.48. The summed E-state index contributed by atoms with van der Waals surface area (Å²) in [5, 5.41) is 8.96. The van der Waals surface area contributed by atoms with Gasteiger partial charge in [-0.2, -0.15) is 0 Å². The van der Waals surface area contributed by atoms with Gasteiger partial charge in [0.1, 0.15) is 35.6 Å². The van der Waals surface area contributed by atoms with Gasteiger partial charge in [-0.15, -0.1) is 0 Å². The standard InChI is InChI=1S/C49H61F2N11O5/c1-48(2)9-14-58(15-10-48)24-32-21-36(51)39(22-35(32)50)61-27-43(64)56-49(28-61)11-16-59(17-12-49)41-23-40(53-29-54-41)52-13-18-57(3)33-19-30-25-60(26-31(30)20-33)37-6-4-5-34-44(37)47(67)62(46(34)66)38-7-8-42(63)55-45(38)65/h4-6,21-23,29-31,33,38H,7-20,24-28H2,1-3H3,(H,56,64)(H,52,53,54)(H,55,63,65)/t30-,31+,33?,38?. The second-order valence-corrected chi connectivity index (χ2v) is 20.9. The molecule has 1 spiro atoms. The van der Waals surface area contributed by atoms with Gasteiger partial charge in [-0.3, -0.25) is 39.1 Å². The molecule has 10 rings (SSSR count). The Morgan fingerprint density at radius 1 is 0.836 bits per heavy atom. The van der Waals surface area contributed by atoms with E-state index in [9.17, 15) is 24.0 Å². The summed E-state index contributed by atoms with van der Waals surface area (Å²) in [6.45, 7) is 11.2.